The number of benzene rings is 3. The minimum Gasteiger partial charge on any atom is -0.495 e. The largest absolute Gasteiger partial charge is 0.495 e. The van der Waals surface area contributed by atoms with Crippen molar-refractivity contribution in [1.29, 1.82) is 5.26 Å². The summed E-state index contributed by atoms with van der Waals surface area (Å²) in [6.07, 6.45) is 1.50. The highest BCUT2D eigenvalue weighted by molar-refractivity contribution is 7.93. The molecule has 0 fully saturated rings. The fraction of sp³-hybridized carbons (Fsp3) is 0.200. The van der Waals surface area contributed by atoms with Crippen molar-refractivity contribution in [3.05, 3.63) is 89.0 Å². The molecule has 0 unspecified atom stereocenters. The second kappa shape index (κ2) is 9.35. The van der Waals surface area contributed by atoms with Gasteiger partial charge in [-0.05, 0) is 60.4 Å². The van der Waals surface area contributed by atoms with E-state index in [1.807, 2.05) is 18.2 Å². The van der Waals surface area contributed by atoms with E-state index >= 15 is 0 Å². The molecule has 3 aromatic carbocycles. The normalized spacial score (nSPS) is 13.0. The van der Waals surface area contributed by atoms with Gasteiger partial charge in [-0.15, -0.1) is 0 Å². The van der Waals surface area contributed by atoms with E-state index in [1.165, 1.54) is 29.6 Å². The van der Waals surface area contributed by atoms with Gasteiger partial charge in [0.2, 0.25) is 0 Å². The first-order chi connectivity index (χ1) is 15.9. The highest BCUT2D eigenvalue weighted by atomic mass is 32.2. The van der Waals surface area contributed by atoms with Crippen molar-refractivity contribution in [2.45, 2.75) is 24.3 Å². The van der Waals surface area contributed by atoms with Crippen LogP contribution in [0.15, 0.2) is 71.6 Å². The quantitative estimate of drug-likeness (QED) is 0.513. The summed E-state index contributed by atoms with van der Waals surface area (Å²) < 4.78 is 39.3. The molecule has 1 aliphatic rings. The maximum Gasteiger partial charge on any atom is 0.338 e. The Bertz CT molecular complexity index is 1340. The number of nitrogens with zero attached hydrogens (tertiary/aromatic N) is 2. The third kappa shape index (κ3) is 4.54. The Hall–Kier alpha value is -3.83. The number of aryl methyl sites for hydroxylation is 1. The van der Waals surface area contributed by atoms with Crippen molar-refractivity contribution >= 4 is 21.7 Å². The molecule has 0 aliphatic carbocycles. The Morgan fingerprint density at radius 3 is 2.70 bits per heavy atom. The number of carbonyl (C=O) groups excluding carboxylic acids is 1. The predicted molar refractivity (Wildman–Crippen MR) is 123 cm³/mol. The van der Waals surface area contributed by atoms with E-state index < -0.39 is 16.0 Å². The molecule has 0 spiro atoms. The number of rotatable bonds is 6. The second-order valence-electron chi connectivity index (χ2n) is 7.56. The van der Waals surface area contributed by atoms with Gasteiger partial charge in [0.15, 0.2) is 0 Å². The topological polar surface area (TPSA) is 96.7 Å². The Morgan fingerprint density at radius 1 is 1.09 bits per heavy atom. The number of hydrogen-bond donors (Lipinski definition) is 0. The number of methoxy groups -OCH3 is 1. The van der Waals surface area contributed by atoms with Crippen LogP contribution in [0, 0.1) is 11.3 Å². The molecule has 3 aromatic rings. The molecule has 0 saturated carbocycles. The number of sulfonamides is 1. The fourth-order valence-corrected chi connectivity index (χ4v) is 5.56. The Labute approximate surface area is 192 Å². The monoisotopic (exact) mass is 462 g/mol. The van der Waals surface area contributed by atoms with Gasteiger partial charge in [-0.1, -0.05) is 30.3 Å². The second-order valence-corrected chi connectivity index (χ2v) is 9.39. The van der Waals surface area contributed by atoms with Crippen LogP contribution >= 0.6 is 0 Å². The molecular formula is C25H22N2O5S. The summed E-state index contributed by atoms with van der Waals surface area (Å²) in [5, 5.41) is 9.01. The van der Waals surface area contributed by atoms with E-state index in [4.69, 9.17) is 14.7 Å². The predicted octanol–water partition coefficient (Wildman–Crippen LogP) is 4.07. The number of anilines is 1. The lowest BCUT2D eigenvalue weighted by atomic mass is 10.0. The number of carbonyl (C=O) groups is 1. The van der Waals surface area contributed by atoms with Crippen LogP contribution in [0.1, 0.15) is 33.5 Å². The highest BCUT2D eigenvalue weighted by Gasteiger charge is 2.32. The van der Waals surface area contributed by atoms with Gasteiger partial charge in [-0.3, -0.25) is 4.31 Å². The van der Waals surface area contributed by atoms with Gasteiger partial charge in [-0.2, -0.15) is 5.26 Å². The molecule has 1 heterocycles. The first-order valence-corrected chi connectivity index (χ1v) is 11.8. The van der Waals surface area contributed by atoms with Crippen LogP contribution in [-0.4, -0.2) is 28.0 Å². The van der Waals surface area contributed by atoms with E-state index in [-0.39, 0.29) is 22.8 Å². The zero-order valence-corrected chi connectivity index (χ0v) is 18.8. The van der Waals surface area contributed by atoms with Crippen LogP contribution in [0.2, 0.25) is 0 Å². The molecule has 1 aliphatic heterocycles. The van der Waals surface area contributed by atoms with Crippen LogP contribution in [-0.2, 0) is 27.8 Å². The minimum absolute atomic E-state index is 0.0397. The van der Waals surface area contributed by atoms with Gasteiger partial charge in [0.25, 0.3) is 10.0 Å². The van der Waals surface area contributed by atoms with E-state index in [2.05, 4.69) is 0 Å². The van der Waals surface area contributed by atoms with Crippen molar-refractivity contribution in [3.63, 3.8) is 0 Å². The molecule has 0 aromatic heterocycles. The van der Waals surface area contributed by atoms with E-state index in [1.54, 1.807) is 36.4 Å². The standard InChI is InChI=1S/C25H22N2O5S/c1-31-23-12-11-21(25(28)32-17-19-7-4-6-18(14-19)16-26)15-24(23)33(29,30)27-13-5-9-20-8-2-3-10-22(20)27/h2-4,6-8,10-12,14-15H,5,9,13,17H2,1H3. The first-order valence-electron chi connectivity index (χ1n) is 10.4. The summed E-state index contributed by atoms with van der Waals surface area (Å²) in [6, 6.07) is 20.4. The van der Waals surface area contributed by atoms with Gasteiger partial charge >= 0.3 is 5.97 Å². The number of para-hydroxylation sites is 1. The summed E-state index contributed by atoms with van der Waals surface area (Å²) >= 11 is 0. The zero-order valence-electron chi connectivity index (χ0n) is 18.0. The summed E-state index contributed by atoms with van der Waals surface area (Å²) in [4.78, 5) is 12.6. The van der Waals surface area contributed by atoms with Crippen molar-refractivity contribution in [2.75, 3.05) is 18.0 Å². The average molecular weight is 463 g/mol. The maximum absolute atomic E-state index is 13.6. The van der Waals surface area contributed by atoms with E-state index in [0.717, 1.165) is 12.0 Å². The molecule has 0 amide bonds. The Balaban J connectivity index is 1.63. The van der Waals surface area contributed by atoms with Gasteiger partial charge in [0, 0.05) is 6.54 Å². The Morgan fingerprint density at radius 2 is 1.91 bits per heavy atom. The molecule has 0 N–H and O–H groups in total. The molecule has 4 rings (SSSR count). The number of hydrogen-bond acceptors (Lipinski definition) is 6. The molecule has 0 atom stereocenters. The number of fused-ring (bicyclic) bond motifs is 1. The molecular weight excluding hydrogens is 440 g/mol. The number of nitriles is 1. The van der Waals surface area contributed by atoms with E-state index in [9.17, 15) is 13.2 Å². The van der Waals surface area contributed by atoms with E-state index in [0.29, 0.717) is 29.8 Å². The highest BCUT2D eigenvalue weighted by Crippen LogP contribution is 2.35. The maximum atomic E-state index is 13.6. The zero-order chi connectivity index (χ0) is 23.4. The SMILES string of the molecule is COc1ccc(C(=O)OCc2cccc(C#N)c2)cc1S(=O)(=O)N1CCCc2ccccc21. The summed E-state index contributed by atoms with van der Waals surface area (Å²) in [5.74, 6) is -0.521. The van der Waals surface area contributed by atoms with Gasteiger partial charge in [0.1, 0.15) is 17.3 Å². The molecule has 0 bridgehead atoms. The van der Waals surface area contributed by atoms with Crippen LogP contribution in [0.4, 0.5) is 5.69 Å². The lowest BCUT2D eigenvalue weighted by Crippen LogP contribution is -2.35. The molecule has 7 nitrogen and oxygen atoms in total. The van der Waals surface area contributed by atoms with Gasteiger partial charge < -0.3 is 9.47 Å². The summed E-state index contributed by atoms with van der Waals surface area (Å²) in [7, 11) is -2.60. The minimum atomic E-state index is -3.99. The van der Waals surface area contributed by atoms with Crippen molar-refractivity contribution < 1.29 is 22.7 Å². The van der Waals surface area contributed by atoms with Crippen molar-refractivity contribution in [3.8, 4) is 11.8 Å². The molecule has 0 saturated heterocycles. The lowest BCUT2D eigenvalue weighted by molar-refractivity contribution is 0.0472. The van der Waals surface area contributed by atoms with Crippen molar-refractivity contribution in [2.24, 2.45) is 0 Å². The van der Waals surface area contributed by atoms with Crippen LogP contribution in [0.3, 0.4) is 0 Å². The van der Waals surface area contributed by atoms with Crippen LogP contribution in [0.25, 0.3) is 0 Å². The summed E-state index contributed by atoms with van der Waals surface area (Å²) in [5.41, 5.74) is 2.81. The average Bonchev–Trinajstić information content (AvgIpc) is 2.86. The third-order valence-corrected chi connectivity index (χ3v) is 7.30. The van der Waals surface area contributed by atoms with Gasteiger partial charge in [-0.25, -0.2) is 13.2 Å². The fourth-order valence-electron chi connectivity index (χ4n) is 3.84. The lowest BCUT2D eigenvalue weighted by Gasteiger charge is -2.30. The molecule has 0 radical (unpaired) electrons. The number of esters is 1. The third-order valence-electron chi connectivity index (χ3n) is 5.46. The summed E-state index contributed by atoms with van der Waals surface area (Å²) in [6.45, 7) is 0.300. The first kappa shape index (κ1) is 22.4. The Kier molecular flexibility index (Phi) is 6.33. The number of ether oxygens (including phenoxy) is 2. The molecule has 8 heteroatoms. The molecule has 33 heavy (non-hydrogen) atoms. The molecule has 168 valence electrons. The smallest absolute Gasteiger partial charge is 0.338 e. The van der Waals surface area contributed by atoms with Crippen LogP contribution < -0.4 is 9.04 Å². The van der Waals surface area contributed by atoms with Crippen LogP contribution in [0.5, 0.6) is 5.75 Å². The van der Waals surface area contributed by atoms with Gasteiger partial charge in [0.05, 0.1) is 30.0 Å². The van der Waals surface area contributed by atoms with Crippen molar-refractivity contribution in [1.82, 2.24) is 0 Å².